The molecule has 1 aromatic rings. The zero-order chi connectivity index (χ0) is 18.5. The molecule has 0 radical (unpaired) electrons. The fourth-order valence-corrected chi connectivity index (χ4v) is 4.10. The van der Waals surface area contributed by atoms with E-state index in [1.54, 1.807) is 0 Å². The van der Waals surface area contributed by atoms with Crippen LogP contribution in [-0.4, -0.2) is 60.2 Å². The second-order valence-corrected chi connectivity index (χ2v) is 7.81. The van der Waals surface area contributed by atoms with Crippen molar-refractivity contribution in [1.29, 1.82) is 0 Å². The van der Waals surface area contributed by atoms with Crippen LogP contribution in [0.3, 0.4) is 0 Å². The Bertz CT molecular complexity index is 627. The Morgan fingerprint density at radius 2 is 1.88 bits per heavy atom. The molecule has 2 amide bonds. The number of rotatable bonds is 6. The molecule has 1 atom stereocenters. The van der Waals surface area contributed by atoms with Crippen LogP contribution in [0.1, 0.15) is 55.7 Å². The number of benzene rings is 1. The molecule has 5 nitrogen and oxygen atoms in total. The molecule has 3 rings (SSSR count). The van der Waals surface area contributed by atoms with Crippen LogP contribution in [-0.2, 0) is 16.1 Å². The number of amides is 2. The van der Waals surface area contributed by atoms with Gasteiger partial charge in [0.05, 0.1) is 6.04 Å². The zero-order valence-electron chi connectivity index (χ0n) is 16.1. The number of carbonyl (C=O) groups excluding carboxylic acids is 2. The number of likely N-dealkylation sites (tertiary alicyclic amines) is 2. The summed E-state index contributed by atoms with van der Waals surface area (Å²) in [5.74, 6) is 0.385. The van der Waals surface area contributed by atoms with Gasteiger partial charge < -0.3 is 14.7 Å². The monoisotopic (exact) mass is 357 g/mol. The molecular weight excluding hydrogens is 326 g/mol. The van der Waals surface area contributed by atoms with Gasteiger partial charge in [0.1, 0.15) is 0 Å². The van der Waals surface area contributed by atoms with E-state index in [-0.39, 0.29) is 17.9 Å². The molecule has 0 saturated carbocycles. The molecule has 5 heteroatoms. The average Bonchev–Trinajstić information content (AvgIpc) is 3.05. The van der Waals surface area contributed by atoms with Crippen LogP contribution in [0.25, 0.3) is 0 Å². The second kappa shape index (κ2) is 8.67. The average molecular weight is 357 g/mol. The first-order chi connectivity index (χ1) is 12.5. The highest BCUT2D eigenvalue weighted by Gasteiger charge is 2.29. The summed E-state index contributed by atoms with van der Waals surface area (Å²) in [5.41, 5.74) is 2.53. The third-order valence-corrected chi connectivity index (χ3v) is 5.45. The molecule has 26 heavy (non-hydrogen) atoms. The van der Waals surface area contributed by atoms with Gasteiger partial charge in [-0.15, -0.1) is 0 Å². The Kier molecular flexibility index (Phi) is 6.30. The van der Waals surface area contributed by atoms with E-state index in [0.717, 1.165) is 38.9 Å². The van der Waals surface area contributed by atoms with Crippen molar-refractivity contribution in [2.75, 3.05) is 33.7 Å². The quantitative estimate of drug-likeness (QED) is 0.786. The minimum Gasteiger partial charge on any atom is -0.342 e. The van der Waals surface area contributed by atoms with E-state index >= 15 is 0 Å². The SMILES string of the molecule is CN(C)Cc1ccc([C@H]2CCCCN2C(=O)CCN2CCCC2=O)cc1. The summed E-state index contributed by atoms with van der Waals surface area (Å²) in [6.07, 6.45) is 5.28. The predicted octanol–water partition coefficient (Wildman–Crippen LogP) is 2.81. The summed E-state index contributed by atoms with van der Waals surface area (Å²) >= 11 is 0. The largest absolute Gasteiger partial charge is 0.342 e. The van der Waals surface area contributed by atoms with Crippen LogP contribution in [0.5, 0.6) is 0 Å². The van der Waals surface area contributed by atoms with E-state index < -0.39 is 0 Å². The molecule has 0 aromatic heterocycles. The normalized spacial score (nSPS) is 20.9. The molecule has 0 spiro atoms. The summed E-state index contributed by atoms with van der Waals surface area (Å²) in [5, 5.41) is 0. The van der Waals surface area contributed by atoms with Gasteiger partial charge in [0.2, 0.25) is 11.8 Å². The van der Waals surface area contributed by atoms with Crippen LogP contribution in [0.2, 0.25) is 0 Å². The van der Waals surface area contributed by atoms with Crippen molar-refractivity contribution in [3.05, 3.63) is 35.4 Å². The van der Waals surface area contributed by atoms with Crippen LogP contribution in [0, 0.1) is 0 Å². The lowest BCUT2D eigenvalue weighted by Crippen LogP contribution is -2.40. The van der Waals surface area contributed by atoms with Gasteiger partial charge in [-0.2, -0.15) is 0 Å². The van der Waals surface area contributed by atoms with Crippen molar-refractivity contribution in [1.82, 2.24) is 14.7 Å². The number of hydrogen-bond acceptors (Lipinski definition) is 3. The Morgan fingerprint density at radius 3 is 2.54 bits per heavy atom. The smallest absolute Gasteiger partial charge is 0.224 e. The molecule has 2 aliphatic rings. The standard InChI is InChI=1S/C21H31N3O2/c1-22(2)16-17-8-10-18(11-9-17)19-6-3-4-14-24(19)21(26)12-15-23-13-5-7-20(23)25/h8-11,19H,3-7,12-16H2,1-2H3/t19-/m1/s1. The van der Waals surface area contributed by atoms with Gasteiger partial charge in [0.25, 0.3) is 0 Å². The summed E-state index contributed by atoms with van der Waals surface area (Å²) < 4.78 is 0. The van der Waals surface area contributed by atoms with Crippen molar-refractivity contribution >= 4 is 11.8 Å². The minimum absolute atomic E-state index is 0.180. The number of piperidine rings is 1. The molecule has 0 aliphatic carbocycles. The molecular formula is C21H31N3O2. The topological polar surface area (TPSA) is 43.9 Å². The predicted molar refractivity (Wildman–Crippen MR) is 103 cm³/mol. The first-order valence-corrected chi connectivity index (χ1v) is 9.85. The van der Waals surface area contributed by atoms with Gasteiger partial charge >= 0.3 is 0 Å². The first-order valence-electron chi connectivity index (χ1n) is 9.85. The van der Waals surface area contributed by atoms with E-state index in [2.05, 4.69) is 43.3 Å². The van der Waals surface area contributed by atoms with Crippen molar-refractivity contribution in [3.8, 4) is 0 Å². The maximum absolute atomic E-state index is 12.8. The molecule has 0 bridgehead atoms. The van der Waals surface area contributed by atoms with E-state index in [4.69, 9.17) is 0 Å². The highest BCUT2D eigenvalue weighted by atomic mass is 16.2. The summed E-state index contributed by atoms with van der Waals surface area (Å²) in [7, 11) is 4.14. The molecule has 2 aliphatic heterocycles. The van der Waals surface area contributed by atoms with Gasteiger partial charge in [0, 0.05) is 39.0 Å². The maximum atomic E-state index is 12.8. The van der Waals surface area contributed by atoms with Crippen LogP contribution in [0.15, 0.2) is 24.3 Å². The summed E-state index contributed by atoms with van der Waals surface area (Å²) in [6.45, 7) is 3.14. The number of nitrogens with zero attached hydrogens (tertiary/aromatic N) is 3. The highest BCUT2D eigenvalue weighted by Crippen LogP contribution is 2.31. The summed E-state index contributed by atoms with van der Waals surface area (Å²) in [4.78, 5) is 30.6. The molecule has 1 aromatic carbocycles. The molecule has 0 N–H and O–H groups in total. The lowest BCUT2D eigenvalue weighted by Gasteiger charge is -2.36. The van der Waals surface area contributed by atoms with Gasteiger partial charge in [0.15, 0.2) is 0 Å². The number of hydrogen-bond donors (Lipinski definition) is 0. The highest BCUT2D eigenvalue weighted by molar-refractivity contribution is 5.80. The zero-order valence-corrected chi connectivity index (χ0v) is 16.1. The van der Waals surface area contributed by atoms with Crippen molar-refractivity contribution in [3.63, 3.8) is 0 Å². The van der Waals surface area contributed by atoms with Gasteiger partial charge in [-0.1, -0.05) is 24.3 Å². The molecule has 2 fully saturated rings. The van der Waals surface area contributed by atoms with Crippen LogP contribution >= 0.6 is 0 Å². The van der Waals surface area contributed by atoms with Gasteiger partial charge in [-0.25, -0.2) is 0 Å². The van der Waals surface area contributed by atoms with Crippen molar-refractivity contribution in [2.24, 2.45) is 0 Å². The molecule has 2 saturated heterocycles. The first kappa shape index (κ1) is 18.9. The molecule has 142 valence electrons. The second-order valence-electron chi connectivity index (χ2n) is 7.81. The Morgan fingerprint density at radius 1 is 1.12 bits per heavy atom. The third-order valence-electron chi connectivity index (χ3n) is 5.45. The Hall–Kier alpha value is -1.88. The fraction of sp³-hybridized carbons (Fsp3) is 0.619. The van der Waals surface area contributed by atoms with Gasteiger partial charge in [-0.3, -0.25) is 9.59 Å². The minimum atomic E-state index is 0.180. The molecule has 0 unspecified atom stereocenters. The fourth-order valence-electron chi connectivity index (χ4n) is 4.10. The Balaban J connectivity index is 1.63. The maximum Gasteiger partial charge on any atom is 0.224 e. The van der Waals surface area contributed by atoms with E-state index in [1.165, 1.54) is 17.5 Å². The lowest BCUT2D eigenvalue weighted by atomic mass is 9.94. The summed E-state index contributed by atoms with van der Waals surface area (Å²) in [6, 6.07) is 8.89. The van der Waals surface area contributed by atoms with Crippen LogP contribution < -0.4 is 0 Å². The molecule has 2 heterocycles. The van der Waals surface area contributed by atoms with Gasteiger partial charge in [-0.05, 0) is 50.9 Å². The third kappa shape index (κ3) is 4.64. The van der Waals surface area contributed by atoms with Crippen molar-refractivity contribution < 1.29 is 9.59 Å². The van der Waals surface area contributed by atoms with E-state index in [0.29, 0.717) is 19.4 Å². The Labute approximate surface area is 156 Å². The number of carbonyl (C=O) groups is 2. The van der Waals surface area contributed by atoms with E-state index in [1.807, 2.05) is 9.80 Å². The lowest BCUT2D eigenvalue weighted by molar-refractivity contribution is -0.136. The van der Waals surface area contributed by atoms with Crippen LogP contribution in [0.4, 0.5) is 0 Å². The van der Waals surface area contributed by atoms with Crippen molar-refractivity contribution in [2.45, 2.75) is 51.1 Å². The van der Waals surface area contributed by atoms with E-state index in [9.17, 15) is 9.59 Å².